The molecule has 0 aromatic heterocycles. The lowest BCUT2D eigenvalue weighted by molar-refractivity contribution is 0.293. The van der Waals surface area contributed by atoms with E-state index in [1.54, 1.807) is 0 Å². The highest BCUT2D eigenvalue weighted by Gasteiger charge is 2.40. The first kappa shape index (κ1) is 6.66. The van der Waals surface area contributed by atoms with Crippen molar-refractivity contribution in [1.29, 1.82) is 0 Å². The molecular formula is C9H17N. The van der Waals surface area contributed by atoms with E-state index in [4.69, 9.17) is 5.73 Å². The van der Waals surface area contributed by atoms with E-state index in [1.165, 1.54) is 25.7 Å². The van der Waals surface area contributed by atoms with Crippen molar-refractivity contribution < 1.29 is 0 Å². The zero-order chi connectivity index (χ0) is 7.14. The molecule has 0 aromatic carbocycles. The third kappa shape index (κ3) is 0.878. The summed E-state index contributed by atoms with van der Waals surface area (Å²) in [6.45, 7) is 2.17. The fourth-order valence-electron chi connectivity index (χ4n) is 2.94. The van der Waals surface area contributed by atoms with Gasteiger partial charge in [-0.15, -0.1) is 0 Å². The van der Waals surface area contributed by atoms with Gasteiger partial charge in [-0.1, -0.05) is 6.42 Å². The van der Waals surface area contributed by atoms with E-state index >= 15 is 0 Å². The van der Waals surface area contributed by atoms with Crippen molar-refractivity contribution in [2.24, 2.45) is 23.5 Å². The first-order chi connectivity index (χ1) is 4.77. The summed E-state index contributed by atoms with van der Waals surface area (Å²) in [4.78, 5) is 0. The molecule has 1 heteroatoms. The molecule has 2 rings (SSSR count). The lowest BCUT2D eigenvalue weighted by Crippen LogP contribution is -2.30. The van der Waals surface area contributed by atoms with E-state index in [0.29, 0.717) is 6.04 Å². The van der Waals surface area contributed by atoms with Crippen molar-refractivity contribution in [3.63, 3.8) is 0 Å². The van der Waals surface area contributed by atoms with Crippen LogP contribution in [0.5, 0.6) is 0 Å². The molecule has 10 heavy (non-hydrogen) atoms. The third-order valence-electron chi connectivity index (χ3n) is 3.47. The van der Waals surface area contributed by atoms with Crippen molar-refractivity contribution in [3.8, 4) is 0 Å². The Morgan fingerprint density at radius 3 is 2.40 bits per heavy atom. The van der Waals surface area contributed by atoms with E-state index in [1.807, 2.05) is 0 Å². The van der Waals surface area contributed by atoms with Crippen molar-refractivity contribution in [2.75, 3.05) is 0 Å². The number of hydrogen-bond acceptors (Lipinski definition) is 1. The van der Waals surface area contributed by atoms with Gasteiger partial charge < -0.3 is 5.73 Å². The van der Waals surface area contributed by atoms with Gasteiger partial charge in [0.1, 0.15) is 0 Å². The fraction of sp³-hybridized carbons (Fsp3) is 1.00. The Bertz CT molecular complexity index is 131. The molecule has 0 amide bonds. The Labute approximate surface area is 63.0 Å². The maximum absolute atomic E-state index is 5.88. The largest absolute Gasteiger partial charge is 0.328 e. The second-order valence-electron chi connectivity index (χ2n) is 4.20. The van der Waals surface area contributed by atoms with Crippen LogP contribution in [0.25, 0.3) is 0 Å². The first-order valence-corrected chi connectivity index (χ1v) is 4.53. The molecule has 4 atom stereocenters. The van der Waals surface area contributed by atoms with Crippen LogP contribution in [0.1, 0.15) is 32.6 Å². The summed E-state index contributed by atoms with van der Waals surface area (Å²) in [5.74, 6) is 2.93. The van der Waals surface area contributed by atoms with E-state index in [0.717, 1.165) is 17.8 Å². The van der Waals surface area contributed by atoms with Crippen LogP contribution in [0.15, 0.2) is 0 Å². The number of fused-ring (bicyclic) bond motifs is 2. The molecular weight excluding hydrogens is 122 g/mol. The van der Waals surface area contributed by atoms with Gasteiger partial charge in [-0.2, -0.15) is 0 Å². The minimum atomic E-state index is 0.454. The molecule has 0 saturated heterocycles. The van der Waals surface area contributed by atoms with Gasteiger partial charge in [-0.3, -0.25) is 0 Å². The maximum atomic E-state index is 5.88. The standard InChI is InChI=1S/C9H17N/c1-6(10)9-5-7-2-3-8(9)4-7/h6-9H,2-5,10H2,1H3/t6-,7-,8-,9+/m1/s1. The zero-order valence-corrected chi connectivity index (χ0v) is 6.72. The lowest BCUT2D eigenvalue weighted by Gasteiger charge is -2.24. The molecule has 58 valence electrons. The number of nitrogens with two attached hydrogens (primary N) is 1. The minimum absolute atomic E-state index is 0.454. The van der Waals surface area contributed by atoms with Crippen LogP contribution in [0.3, 0.4) is 0 Å². The van der Waals surface area contributed by atoms with Crippen LogP contribution in [0.4, 0.5) is 0 Å². The van der Waals surface area contributed by atoms with Crippen LogP contribution < -0.4 is 5.73 Å². The molecule has 2 aliphatic carbocycles. The molecule has 1 nitrogen and oxygen atoms in total. The highest BCUT2D eigenvalue weighted by atomic mass is 14.7. The average molecular weight is 139 g/mol. The van der Waals surface area contributed by atoms with Crippen molar-refractivity contribution in [2.45, 2.75) is 38.6 Å². The summed E-state index contributed by atoms with van der Waals surface area (Å²) < 4.78 is 0. The van der Waals surface area contributed by atoms with Gasteiger partial charge in [-0.05, 0) is 43.9 Å². The molecule has 0 heterocycles. The zero-order valence-electron chi connectivity index (χ0n) is 6.72. The summed E-state index contributed by atoms with van der Waals surface area (Å²) >= 11 is 0. The molecule has 0 aliphatic heterocycles. The SMILES string of the molecule is C[C@@H](N)[C@@H]1C[C@@H]2CC[C@@H]1C2. The highest BCUT2D eigenvalue weighted by Crippen LogP contribution is 2.49. The molecule has 2 N–H and O–H groups in total. The topological polar surface area (TPSA) is 26.0 Å². The molecule has 0 radical (unpaired) electrons. The van der Waals surface area contributed by atoms with Gasteiger partial charge in [0.2, 0.25) is 0 Å². The van der Waals surface area contributed by atoms with E-state index in [2.05, 4.69) is 6.92 Å². The van der Waals surface area contributed by atoms with Crippen LogP contribution in [-0.2, 0) is 0 Å². The number of hydrogen-bond donors (Lipinski definition) is 1. The van der Waals surface area contributed by atoms with E-state index in [9.17, 15) is 0 Å². The van der Waals surface area contributed by atoms with E-state index in [-0.39, 0.29) is 0 Å². The van der Waals surface area contributed by atoms with Gasteiger partial charge in [0, 0.05) is 6.04 Å². The first-order valence-electron chi connectivity index (χ1n) is 4.53. The Morgan fingerprint density at radius 2 is 2.10 bits per heavy atom. The van der Waals surface area contributed by atoms with Crippen molar-refractivity contribution >= 4 is 0 Å². The molecule has 0 unspecified atom stereocenters. The third-order valence-corrected chi connectivity index (χ3v) is 3.47. The predicted octanol–water partition coefficient (Wildman–Crippen LogP) is 1.77. The van der Waals surface area contributed by atoms with Crippen LogP contribution >= 0.6 is 0 Å². The Hall–Kier alpha value is -0.0400. The quantitative estimate of drug-likeness (QED) is 0.588. The summed E-state index contributed by atoms with van der Waals surface area (Å²) in [6, 6.07) is 0.454. The molecule has 0 spiro atoms. The van der Waals surface area contributed by atoms with E-state index < -0.39 is 0 Å². The van der Waals surface area contributed by atoms with Gasteiger partial charge >= 0.3 is 0 Å². The van der Waals surface area contributed by atoms with Crippen LogP contribution in [-0.4, -0.2) is 6.04 Å². The molecule has 2 bridgehead atoms. The Morgan fingerprint density at radius 1 is 1.30 bits per heavy atom. The normalized spacial score (nSPS) is 48.0. The van der Waals surface area contributed by atoms with Crippen molar-refractivity contribution in [3.05, 3.63) is 0 Å². The Kier molecular flexibility index (Phi) is 1.48. The second kappa shape index (κ2) is 2.23. The lowest BCUT2D eigenvalue weighted by atomic mass is 9.84. The summed E-state index contributed by atoms with van der Waals surface area (Å²) in [6.07, 6.45) is 5.89. The monoisotopic (exact) mass is 139 g/mol. The van der Waals surface area contributed by atoms with Crippen molar-refractivity contribution in [1.82, 2.24) is 0 Å². The van der Waals surface area contributed by atoms with Crippen LogP contribution in [0.2, 0.25) is 0 Å². The maximum Gasteiger partial charge on any atom is 0.00415 e. The van der Waals surface area contributed by atoms with Gasteiger partial charge in [0.25, 0.3) is 0 Å². The summed E-state index contributed by atoms with van der Waals surface area (Å²) in [7, 11) is 0. The van der Waals surface area contributed by atoms with Gasteiger partial charge in [-0.25, -0.2) is 0 Å². The molecule has 0 aromatic rings. The average Bonchev–Trinajstić information content (AvgIpc) is 2.44. The molecule has 2 fully saturated rings. The second-order valence-corrected chi connectivity index (χ2v) is 4.20. The molecule has 2 aliphatic rings. The predicted molar refractivity (Wildman–Crippen MR) is 42.6 cm³/mol. The van der Waals surface area contributed by atoms with Crippen LogP contribution in [0, 0.1) is 17.8 Å². The van der Waals surface area contributed by atoms with Gasteiger partial charge in [0.15, 0.2) is 0 Å². The summed E-state index contributed by atoms with van der Waals surface area (Å²) in [5.41, 5.74) is 5.88. The Balaban J connectivity index is 2.02. The fourth-order valence-corrected chi connectivity index (χ4v) is 2.94. The summed E-state index contributed by atoms with van der Waals surface area (Å²) in [5, 5.41) is 0. The van der Waals surface area contributed by atoms with Gasteiger partial charge in [0.05, 0.1) is 0 Å². The minimum Gasteiger partial charge on any atom is -0.328 e. The smallest absolute Gasteiger partial charge is 0.00415 e. The number of rotatable bonds is 1. The highest BCUT2D eigenvalue weighted by molar-refractivity contribution is 4.92. The molecule has 2 saturated carbocycles.